The van der Waals surface area contributed by atoms with E-state index in [-0.39, 0.29) is 11.9 Å². The molecular formula is C20H16N4OS2. The van der Waals surface area contributed by atoms with Crippen LogP contribution in [0.5, 0.6) is 0 Å². The van der Waals surface area contributed by atoms with E-state index in [0.29, 0.717) is 12.2 Å². The van der Waals surface area contributed by atoms with E-state index < -0.39 is 0 Å². The monoisotopic (exact) mass is 392 g/mol. The molecule has 4 aromatic rings. The molecule has 0 spiro atoms. The number of rotatable bonds is 3. The van der Waals surface area contributed by atoms with E-state index in [2.05, 4.69) is 33.1 Å². The molecule has 7 heteroatoms. The third kappa shape index (κ3) is 2.89. The molecule has 1 amide bonds. The molecule has 0 N–H and O–H groups in total. The highest BCUT2D eigenvalue weighted by Crippen LogP contribution is 2.39. The van der Waals surface area contributed by atoms with E-state index in [4.69, 9.17) is 0 Å². The van der Waals surface area contributed by atoms with Gasteiger partial charge in [0, 0.05) is 16.3 Å². The highest BCUT2D eigenvalue weighted by molar-refractivity contribution is 7.10. The first-order valence-electron chi connectivity index (χ1n) is 8.69. The number of hydrogen-bond donors (Lipinski definition) is 0. The minimum absolute atomic E-state index is 0.0469. The van der Waals surface area contributed by atoms with E-state index in [9.17, 15) is 4.79 Å². The second-order valence-electron chi connectivity index (χ2n) is 6.32. The van der Waals surface area contributed by atoms with Crippen LogP contribution in [-0.4, -0.2) is 32.3 Å². The van der Waals surface area contributed by atoms with Gasteiger partial charge in [0.15, 0.2) is 5.69 Å². The van der Waals surface area contributed by atoms with E-state index in [1.54, 1.807) is 28.9 Å². The number of aromatic nitrogens is 3. The van der Waals surface area contributed by atoms with Crippen LogP contribution in [0, 0.1) is 0 Å². The average molecular weight is 393 g/mol. The van der Waals surface area contributed by atoms with Gasteiger partial charge in [0.1, 0.15) is 0 Å². The molecule has 1 aliphatic rings. The Morgan fingerprint density at radius 1 is 1.04 bits per heavy atom. The zero-order chi connectivity index (χ0) is 18.2. The molecule has 0 saturated carbocycles. The number of para-hydroxylation sites is 1. The Balaban J connectivity index is 1.50. The Bertz CT molecular complexity index is 1070. The fourth-order valence-corrected chi connectivity index (χ4v) is 5.24. The standard InChI is InChI=1S/C20H16N4OS2/c25-20(16-13-21-24(22-16)14-5-2-1-3-6-14)23-10-8-17-15(9-12-27-17)19(23)18-7-4-11-26-18/h1-7,9,11-13,19H,8,10H2/t19-/m0/s1. The van der Waals surface area contributed by atoms with Crippen LogP contribution in [-0.2, 0) is 6.42 Å². The zero-order valence-corrected chi connectivity index (χ0v) is 16.0. The van der Waals surface area contributed by atoms with Crippen molar-refractivity contribution in [2.75, 3.05) is 6.54 Å². The van der Waals surface area contributed by atoms with Gasteiger partial charge in [-0.2, -0.15) is 9.90 Å². The molecule has 0 saturated heterocycles. The Hall–Kier alpha value is -2.77. The summed E-state index contributed by atoms with van der Waals surface area (Å²) < 4.78 is 0. The molecule has 5 nitrogen and oxygen atoms in total. The fraction of sp³-hybridized carbons (Fsp3) is 0.150. The lowest BCUT2D eigenvalue weighted by molar-refractivity contribution is 0.0692. The first kappa shape index (κ1) is 16.4. The molecule has 0 aliphatic carbocycles. The molecule has 1 atom stereocenters. The van der Waals surface area contributed by atoms with Crippen molar-refractivity contribution in [1.82, 2.24) is 19.9 Å². The summed E-state index contributed by atoms with van der Waals surface area (Å²) in [6.45, 7) is 0.688. The van der Waals surface area contributed by atoms with E-state index in [1.807, 2.05) is 41.3 Å². The predicted octanol–water partition coefficient (Wildman–Crippen LogP) is 4.18. The average Bonchev–Trinajstić information content (AvgIpc) is 3.48. The molecule has 1 aliphatic heterocycles. The van der Waals surface area contributed by atoms with Gasteiger partial charge in [-0.05, 0) is 47.0 Å². The molecular weight excluding hydrogens is 376 g/mol. The van der Waals surface area contributed by atoms with Gasteiger partial charge in [-0.15, -0.1) is 27.8 Å². The number of thiophene rings is 2. The largest absolute Gasteiger partial charge is 0.325 e. The number of nitrogens with zero attached hydrogens (tertiary/aromatic N) is 4. The zero-order valence-electron chi connectivity index (χ0n) is 14.4. The second-order valence-corrected chi connectivity index (χ2v) is 8.30. The van der Waals surface area contributed by atoms with Crippen LogP contribution in [0.4, 0.5) is 0 Å². The quantitative estimate of drug-likeness (QED) is 0.526. The smallest absolute Gasteiger partial charge is 0.276 e. The number of fused-ring (bicyclic) bond motifs is 1. The Kier molecular flexibility index (Phi) is 4.10. The van der Waals surface area contributed by atoms with Crippen molar-refractivity contribution in [1.29, 1.82) is 0 Å². The fourth-order valence-electron chi connectivity index (χ4n) is 3.48. The molecule has 0 radical (unpaired) electrons. The number of carbonyl (C=O) groups excluding carboxylic acids is 1. The van der Waals surface area contributed by atoms with Crippen LogP contribution in [0.1, 0.15) is 31.8 Å². The van der Waals surface area contributed by atoms with Crippen molar-refractivity contribution in [3.8, 4) is 5.69 Å². The molecule has 0 bridgehead atoms. The summed E-state index contributed by atoms with van der Waals surface area (Å²) in [6, 6.07) is 15.9. The van der Waals surface area contributed by atoms with Gasteiger partial charge in [-0.3, -0.25) is 4.79 Å². The first-order chi connectivity index (χ1) is 13.3. The molecule has 134 valence electrons. The number of amides is 1. The van der Waals surface area contributed by atoms with Crippen molar-refractivity contribution in [3.05, 3.63) is 86.5 Å². The van der Waals surface area contributed by atoms with Crippen molar-refractivity contribution < 1.29 is 4.79 Å². The van der Waals surface area contributed by atoms with Crippen LogP contribution in [0.3, 0.4) is 0 Å². The van der Waals surface area contributed by atoms with Gasteiger partial charge in [0.2, 0.25) is 0 Å². The number of hydrogen-bond acceptors (Lipinski definition) is 5. The van der Waals surface area contributed by atoms with Gasteiger partial charge in [-0.1, -0.05) is 24.3 Å². The lowest BCUT2D eigenvalue weighted by Gasteiger charge is -2.35. The van der Waals surface area contributed by atoms with Crippen LogP contribution in [0.15, 0.2) is 65.5 Å². The normalized spacial score (nSPS) is 16.3. The predicted molar refractivity (Wildman–Crippen MR) is 107 cm³/mol. The lowest BCUT2D eigenvalue weighted by atomic mass is 9.98. The minimum atomic E-state index is -0.0765. The van der Waals surface area contributed by atoms with E-state index in [1.165, 1.54) is 20.1 Å². The van der Waals surface area contributed by atoms with Gasteiger partial charge in [0.05, 0.1) is 17.9 Å². The van der Waals surface area contributed by atoms with Crippen molar-refractivity contribution in [3.63, 3.8) is 0 Å². The molecule has 0 fully saturated rings. The number of benzene rings is 1. The maximum atomic E-state index is 13.3. The first-order valence-corrected chi connectivity index (χ1v) is 10.5. The van der Waals surface area contributed by atoms with Gasteiger partial charge in [0.25, 0.3) is 5.91 Å². The van der Waals surface area contributed by atoms with E-state index in [0.717, 1.165) is 12.1 Å². The van der Waals surface area contributed by atoms with Crippen molar-refractivity contribution in [2.45, 2.75) is 12.5 Å². The van der Waals surface area contributed by atoms with Crippen LogP contribution in [0.25, 0.3) is 5.69 Å². The maximum Gasteiger partial charge on any atom is 0.276 e. The van der Waals surface area contributed by atoms with Gasteiger partial charge < -0.3 is 4.90 Å². The van der Waals surface area contributed by atoms with Crippen LogP contribution in [0.2, 0.25) is 0 Å². The minimum Gasteiger partial charge on any atom is -0.325 e. The Morgan fingerprint density at radius 3 is 2.74 bits per heavy atom. The van der Waals surface area contributed by atoms with E-state index >= 15 is 0 Å². The summed E-state index contributed by atoms with van der Waals surface area (Å²) in [5.41, 5.74) is 2.45. The maximum absolute atomic E-state index is 13.3. The number of carbonyl (C=O) groups is 1. The summed E-state index contributed by atoms with van der Waals surface area (Å²) >= 11 is 3.46. The van der Waals surface area contributed by atoms with Gasteiger partial charge >= 0.3 is 0 Å². The molecule has 3 aromatic heterocycles. The van der Waals surface area contributed by atoms with Crippen molar-refractivity contribution >= 4 is 28.6 Å². The summed E-state index contributed by atoms with van der Waals surface area (Å²) in [7, 11) is 0. The highest BCUT2D eigenvalue weighted by Gasteiger charge is 2.34. The van der Waals surface area contributed by atoms with Crippen LogP contribution < -0.4 is 0 Å². The molecule has 5 rings (SSSR count). The molecule has 4 heterocycles. The summed E-state index contributed by atoms with van der Waals surface area (Å²) in [6.07, 6.45) is 2.44. The Labute approximate surface area is 164 Å². The Morgan fingerprint density at radius 2 is 1.93 bits per heavy atom. The SMILES string of the molecule is O=C(c1cnn(-c2ccccc2)n1)N1CCc2sccc2[C@H]1c1cccs1. The third-order valence-corrected chi connectivity index (χ3v) is 6.66. The molecule has 0 unspecified atom stereocenters. The summed E-state index contributed by atoms with van der Waals surface area (Å²) in [5.74, 6) is -0.0765. The third-order valence-electron chi connectivity index (χ3n) is 4.74. The second kappa shape index (κ2) is 6.75. The van der Waals surface area contributed by atoms with Gasteiger partial charge in [-0.25, -0.2) is 0 Å². The molecule has 27 heavy (non-hydrogen) atoms. The topological polar surface area (TPSA) is 51.0 Å². The lowest BCUT2D eigenvalue weighted by Crippen LogP contribution is -2.40. The highest BCUT2D eigenvalue weighted by atomic mass is 32.1. The summed E-state index contributed by atoms with van der Waals surface area (Å²) in [5, 5.41) is 12.9. The van der Waals surface area contributed by atoms with Crippen LogP contribution >= 0.6 is 22.7 Å². The summed E-state index contributed by atoms with van der Waals surface area (Å²) in [4.78, 5) is 19.3. The molecule has 1 aromatic carbocycles. The van der Waals surface area contributed by atoms with Crippen molar-refractivity contribution in [2.24, 2.45) is 0 Å².